The predicted molar refractivity (Wildman–Crippen MR) is 163 cm³/mol. The van der Waals surface area contributed by atoms with Gasteiger partial charge in [-0.1, -0.05) is 104 Å². The number of aromatic nitrogens is 2. The van der Waals surface area contributed by atoms with E-state index in [9.17, 15) is 9.59 Å². The van der Waals surface area contributed by atoms with Crippen LogP contribution in [0.25, 0.3) is 11.3 Å². The van der Waals surface area contributed by atoms with Crippen LogP contribution in [0, 0.1) is 0 Å². The molecule has 1 fully saturated rings. The Kier molecular flexibility index (Phi) is 7.61. The summed E-state index contributed by atoms with van der Waals surface area (Å²) in [5, 5.41) is 3.18. The van der Waals surface area contributed by atoms with Crippen molar-refractivity contribution >= 4 is 23.4 Å². The fraction of sp³-hybridized carbons (Fsp3) is 0.324. The lowest BCUT2D eigenvalue weighted by Crippen LogP contribution is -2.43. The Hall–Kier alpha value is -3.64. The SMILES string of the molecule is C[C@@H](Sc1nc2c(c(=O)n1CCc1ccccc1)C1(CCCCC1)Cc1ccccc1-2)C(=O)Nc1ccccc1. The number of anilines is 1. The summed E-state index contributed by atoms with van der Waals surface area (Å²) in [6, 6.07) is 28.2. The highest BCUT2D eigenvalue weighted by atomic mass is 32.2. The second-order valence-electron chi connectivity index (χ2n) is 11.1. The molecule has 40 heavy (non-hydrogen) atoms. The van der Waals surface area contributed by atoms with Gasteiger partial charge < -0.3 is 5.32 Å². The Bertz CT molecular complexity index is 1560. The maximum absolute atomic E-state index is 14.6. The van der Waals surface area contributed by atoms with Gasteiger partial charge in [0.05, 0.1) is 16.5 Å². The normalized spacial score (nSPS) is 16.1. The first-order chi connectivity index (χ1) is 19.5. The van der Waals surface area contributed by atoms with Crippen LogP contribution in [0.2, 0.25) is 0 Å². The van der Waals surface area contributed by atoms with Crippen molar-refractivity contribution in [2.75, 3.05) is 5.32 Å². The van der Waals surface area contributed by atoms with Crippen LogP contribution in [0.3, 0.4) is 0 Å². The van der Waals surface area contributed by atoms with E-state index < -0.39 is 5.25 Å². The first-order valence-corrected chi connectivity index (χ1v) is 15.2. The minimum Gasteiger partial charge on any atom is -0.325 e. The van der Waals surface area contributed by atoms with Crippen molar-refractivity contribution in [1.29, 1.82) is 0 Å². The lowest BCUT2D eigenvalue weighted by atomic mass is 9.62. The third-order valence-electron chi connectivity index (χ3n) is 8.44. The molecule has 2 aliphatic carbocycles. The summed E-state index contributed by atoms with van der Waals surface area (Å²) >= 11 is 1.37. The van der Waals surface area contributed by atoms with Gasteiger partial charge in [0.1, 0.15) is 0 Å². The number of rotatable bonds is 7. The molecule has 1 saturated carbocycles. The summed E-state index contributed by atoms with van der Waals surface area (Å²) in [6.45, 7) is 2.41. The van der Waals surface area contributed by atoms with Crippen LogP contribution in [-0.2, 0) is 29.6 Å². The number of thioether (sulfide) groups is 1. The van der Waals surface area contributed by atoms with Crippen LogP contribution in [0.1, 0.15) is 55.7 Å². The van der Waals surface area contributed by atoms with E-state index in [1.807, 2.05) is 66.1 Å². The van der Waals surface area contributed by atoms with Gasteiger partial charge >= 0.3 is 0 Å². The van der Waals surface area contributed by atoms with E-state index in [1.165, 1.54) is 29.3 Å². The van der Waals surface area contributed by atoms with E-state index in [4.69, 9.17) is 4.98 Å². The van der Waals surface area contributed by atoms with E-state index in [1.54, 1.807) is 0 Å². The van der Waals surface area contributed by atoms with E-state index in [0.717, 1.165) is 61.0 Å². The highest BCUT2D eigenvalue weighted by molar-refractivity contribution is 8.00. The first kappa shape index (κ1) is 26.6. The first-order valence-electron chi connectivity index (χ1n) is 14.3. The molecule has 0 aliphatic heterocycles. The summed E-state index contributed by atoms with van der Waals surface area (Å²) in [7, 11) is 0. The van der Waals surface area contributed by atoms with Crippen LogP contribution in [-0.4, -0.2) is 20.7 Å². The van der Waals surface area contributed by atoms with Crippen LogP contribution >= 0.6 is 11.8 Å². The topological polar surface area (TPSA) is 64.0 Å². The number of benzene rings is 3. The minimum atomic E-state index is -0.435. The maximum atomic E-state index is 14.6. The van der Waals surface area contributed by atoms with E-state index >= 15 is 0 Å². The van der Waals surface area contributed by atoms with Gasteiger partial charge in [-0.2, -0.15) is 0 Å². The molecule has 1 aromatic heterocycles. The second-order valence-corrected chi connectivity index (χ2v) is 12.4. The molecule has 3 aromatic carbocycles. The molecule has 1 N–H and O–H groups in total. The van der Waals surface area contributed by atoms with Crippen molar-refractivity contribution in [3.05, 3.63) is 112 Å². The lowest BCUT2D eigenvalue weighted by molar-refractivity contribution is -0.115. The largest absolute Gasteiger partial charge is 0.325 e. The number of nitrogens with zero attached hydrogens (tertiary/aromatic N) is 2. The van der Waals surface area contributed by atoms with Crippen molar-refractivity contribution in [3.8, 4) is 11.3 Å². The molecule has 6 heteroatoms. The maximum Gasteiger partial charge on any atom is 0.258 e. The Morgan fingerprint density at radius 2 is 1.62 bits per heavy atom. The van der Waals surface area contributed by atoms with Gasteiger partial charge in [-0.25, -0.2) is 4.98 Å². The van der Waals surface area contributed by atoms with Gasteiger partial charge in [0, 0.05) is 23.2 Å². The average molecular weight is 550 g/mol. The number of amides is 1. The second kappa shape index (κ2) is 11.5. The Morgan fingerprint density at radius 3 is 2.38 bits per heavy atom. The van der Waals surface area contributed by atoms with Gasteiger partial charge in [0.25, 0.3) is 5.56 Å². The van der Waals surface area contributed by atoms with Crippen molar-refractivity contribution in [2.24, 2.45) is 0 Å². The van der Waals surface area contributed by atoms with Crippen LogP contribution in [0.5, 0.6) is 0 Å². The molecule has 1 atom stereocenters. The Morgan fingerprint density at radius 1 is 0.950 bits per heavy atom. The van der Waals surface area contributed by atoms with Gasteiger partial charge in [-0.15, -0.1) is 0 Å². The van der Waals surface area contributed by atoms with Crippen LogP contribution < -0.4 is 10.9 Å². The highest BCUT2D eigenvalue weighted by Crippen LogP contribution is 2.49. The number of aryl methyl sites for hydroxylation is 1. The standard InChI is InChI=1S/C34H35N3O2S/c1-24(31(38)35-27-16-7-3-8-17-27)40-33-36-30-28-18-10-9-15-26(28)23-34(20-11-4-12-21-34)29(30)32(39)37(33)22-19-25-13-5-2-6-14-25/h2-3,5-10,13-18,24H,4,11-12,19-23H2,1H3,(H,35,38)/t24-/m1/s1. The quantitative estimate of drug-likeness (QED) is 0.199. The summed E-state index contributed by atoms with van der Waals surface area (Å²) < 4.78 is 1.85. The van der Waals surface area contributed by atoms with Crippen LogP contribution in [0.15, 0.2) is 94.9 Å². The number of carbonyl (C=O) groups is 1. The summed E-state index contributed by atoms with van der Waals surface area (Å²) in [6.07, 6.45) is 7.16. The summed E-state index contributed by atoms with van der Waals surface area (Å²) in [5.41, 5.74) is 5.88. The van der Waals surface area contributed by atoms with Gasteiger partial charge in [-0.05, 0) is 55.9 Å². The Balaban J connectivity index is 1.43. The zero-order valence-corrected chi connectivity index (χ0v) is 23.8. The molecular weight excluding hydrogens is 514 g/mol. The predicted octanol–water partition coefficient (Wildman–Crippen LogP) is 7.03. The molecule has 0 bridgehead atoms. The zero-order valence-electron chi connectivity index (χ0n) is 22.9. The third kappa shape index (κ3) is 5.25. The number of fused-ring (bicyclic) bond motifs is 4. The molecule has 0 unspecified atom stereocenters. The van der Waals surface area contributed by atoms with Crippen molar-refractivity contribution in [2.45, 2.75) is 74.2 Å². The molecule has 204 valence electrons. The average Bonchev–Trinajstić information content (AvgIpc) is 2.98. The molecule has 0 saturated heterocycles. The minimum absolute atomic E-state index is 0.0653. The van der Waals surface area contributed by atoms with Crippen molar-refractivity contribution < 1.29 is 4.79 Å². The number of carbonyl (C=O) groups excluding carboxylic acids is 1. The smallest absolute Gasteiger partial charge is 0.258 e. The number of hydrogen-bond donors (Lipinski definition) is 1. The summed E-state index contributed by atoms with van der Waals surface area (Å²) in [4.78, 5) is 33.0. The van der Waals surface area contributed by atoms with Gasteiger partial charge in [0.15, 0.2) is 5.16 Å². The third-order valence-corrected chi connectivity index (χ3v) is 9.53. The number of hydrogen-bond acceptors (Lipinski definition) is 4. The fourth-order valence-electron chi connectivity index (χ4n) is 6.37. The fourth-order valence-corrected chi connectivity index (χ4v) is 7.30. The molecular formula is C34H35N3O2S. The van der Waals surface area contributed by atoms with Gasteiger partial charge in [0.2, 0.25) is 5.91 Å². The molecule has 1 amide bonds. The van der Waals surface area contributed by atoms with E-state index in [0.29, 0.717) is 11.7 Å². The monoisotopic (exact) mass is 549 g/mol. The van der Waals surface area contributed by atoms with Crippen LogP contribution in [0.4, 0.5) is 5.69 Å². The van der Waals surface area contributed by atoms with Crippen molar-refractivity contribution in [3.63, 3.8) is 0 Å². The molecule has 0 radical (unpaired) electrons. The summed E-state index contributed by atoms with van der Waals surface area (Å²) in [5.74, 6) is -0.109. The lowest BCUT2D eigenvalue weighted by Gasteiger charge is -2.42. The Labute approximate surface area is 240 Å². The van der Waals surface area contributed by atoms with Gasteiger partial charge in [-0.3, -0.25) is 14.2 Å². The number of nitrogens with one attached hydrogen (secondary N) is 1. The molecule has 5 nitrogen and oxygen atoms in total. The van der Waals surface area contributed by atoms with E-state index in [-0.39, 0.29) is 16.9 Å². The highest BCUT2D eigenvalue weighted by Gasteiger charge is 2.43. The number of para-hydroxylation sites is 1. The molecule has 2 aliphatic rings. The molecule has 6 rings (SSSR count). The molecule has 1 heterocycles. The van der Waals surface area contributed by atoms with E-state index in [2.05, 4.69) is 35.6 Å². The molecule has 1 spiro atoms. The van der Waals surface area contributed by atoms with Crippen molar-refractivity contribution in [1.82, 2.24) is 9.55 Å². The zero-order chi connectivity index (χ0) is 27.5. The molecule has 4 aromatic rings.